The van der Waals surface area contributed by atoms with E-state index in [1.54, 1.807) is 30.5 Å². The minimum Gasteiger partial charge on any atom is -0.444 e. The van der Waals surface area contributed by atoms with Crippen molar-refractivity contribution in [3.05, 3.63) is 88.0 Å². The smallest absolute Gasteiger partial charge is 0.257 e. The van der Waals surface area contributed by atoms with Gasteiger partial charge in [0.1, 0.15) is 11.8 Å². The van der Waals surface area contributed by atoms with E-state index in [2.05, 4.69) is 20.6 Å². The topological polar surface area (TPSA) is 117 Å². The van der Waals surface area contributed by atoms with Crippen molar-refractivity contribution in [2.45, 2.75) is 13.3 Å². The maximum atomic E-state index is 12.5. The fourth-order valence-corrected chi connectivity index (χ4v) is 3.23. The number of carbonyl (C=O) groups excluding carboxylic acids is 2. The molecule has 2 amide bonds. The predicted octanol–water partition coefficient (Wildman–Crippen LogP) is 2.58. The molecular formula is C24H22N4O4. The van der Waals surface area contributed by atoms with E-state index in [4.69, 9.17) is 4.42 Å². The van der Waals surface area contributed by atoms with Gasteiger partial charge in [0.15, 0.2) is 0 Å². The standard InChI is InChI=1S/C24H22N4O4/c1-15-6-8-16(9-7-15)24-28-17(14-32-24)10-11-25-21(29)13-27-23(31)19-12-26-20-5-3-2-4-18(20)22(19)30/h2-9,12,14H,10-11,13H2,1H3,(H,25,29)(H,26,30)(H,27,31). The number of hydrogen-bond donors (Lipinski definition) is 3. The Morgan fingerprint density at radius 3 is 2.66 bits per heavy atom. The van der Waals surface area contributed by atoms with Crippen LogP contribution < -0.4 is 16.1 Å². The lowest BCUT2D eigenvalue weighted by atomic mass is 10.1. The number of amides is 2. The molecule has 0 spiro atoms. The van der Waals surface area contributed by atoms with Gasteiger partial charge in [0.05, 0.1) is 12.2 Å². The van der Waals surface area contributed by atoms with Gasteiger partial charge in [0.2, 0.25) is 17.2 Å². The summed E-state index contributed by atoms with van der Waals surface area (Å²) in [6.07, 6.45) is 3.41. The summed E-state index contributed by atoms with van der Waals surface area (Å²) in [6, 6.07) is 14.8. The lowest BCUT2D eigenvalue weighted by Gasteiger charge is -2.07. The normalized spacial score (nSPS) is 10.8. The molecule has 3 N–H and O–H groups in total. The molecule has 4 rings (SSSR count). The van der Waals surface area contributed by atoms with Crippen molar-refractivity contribution in [3.63, 3.8) is 0 Å². The predicted molar refractivity (Wildman–Crippen MR) is 120 cm³/mol. The molecule has 0 radical (unpaired) electrons. The third-order valence-electron chi connectivity index (χ3n) is 5.00. The van der Waals surface area contributed by atoms with Crippen LogP contribution in [0.4, 0.5) is 0 Å². The molecule has 0 fully saturated rings. The molecule has 4 aromatic rings. The van der Waals surface area contributed by atoms with Crippen molar-refractivity contribution in [3.8, 4) is 11.5 Å². The molecule has 0 saturated heterocycles. The highest BCUT2D eigenvalue weighted by molar-refractivity contribution is 5.98. The molecule has 8 nitrogen and oxygen atoms in total. The summed E-state index contributed by atoms with van der Waals surface area (Å²) in [4.78, 5) is 44.2. The number of fused-ring (bicyclic) bond motifs is 1. The summed E-state index contributed by atoms with van der Waals surface area (Å²) in [5.41, 5.74) is 2.98. The lowest BCUT2D eigenvalue weighted by Crippen LogP contribution is -2.39. The minimum atomic E-state index is -0.605. The first-order chi connectivity index (χ1) is 15.5. The summed E-state index contributed by atoms with van der Waals surface area (Å²) < 4.78 is 5.50. The molecule has 0 aliphatic rings. The molecule has 162 valence electrons. The fraction of sp³-hybridized carbons (Fsp3) is 0.167. The second-order valence-corrected chi connectivity index (χ2v) is 7.37. The number of aryl methyl sites for hydroxylation is 1. The third kappa shape index (κ3) is 4.75. The maximum absolute atomic E-state index is 12.5. The Balaban J connectivity index is 1.26. The summed E-state index contributed by atoms with van der Waals surface area (Å²) in [5, 5.41) is 5.61. The Morgan fingerprint density at radius 2 is 1.84 bits per heavy atom. The molecule has 0 bridgehead atoms. The van der Waals surface area contributed by atoms with Crippen LogP contribution in [0.3, 0.4) is 0 Å². The van der Waals surface area contributed by atoms with Crippen LogP contribution in [0.15, 0.2) is 70.2 Å². The molecule has 0 aliphatic heterocycles. The van der Waals surface area contributed by atoms with Gasteiger partial charge in [-0.2, -0.15) is 0 Å². The highest BCUT2D eigenvalue weighted by Gasteiger charge is 2.14. The van der Waals surface area contributed by atoms with Crippen LogP contribution in [0.2, 0.25) is 0 Å². The molecule has 0 saturated carbocycles. The monoisotopic (exact) mass is 430 g/mol. The average Bonchev–Trinajstić information content (AvgIpc) is 3.27. The van der Waals surface area contributed by atoms with Gasteiger partial charge in [-0.05, 0) is 31.2 Å². The molecule has 0 aliphatic carbocycles. The van der Waals surface area contributed by atoms with E-state index in [9.17, 15) is 14.4 Å². The summed E-state index contributed by atoms with van der Waals surface area (Å²) in [5.74, 6) is -0.441. The van der Waals surface area contributed by atoms with E-state index in [1.165, 1.54) is 6.20 Å². The second-order valence-electron chi connectivity index (χ2n) is 7.37. The van der Waals surface area contributed by atoms with Crippen molar-refractivity contribution in [1.29, 1.82) is 0 Å². The van der Waals surface area contributed by atoms with Crippen LogP contribution in [0, 0.1) is 6.92 Å². The Morgan fingerprint density at radius 1 is 1.06 bits per heavy atom. The van der Waals surface area contributed by atoms with Gasteiger partial charge in [0.25, 0.3) is 5.91 Å². The number of nitrogens with one attached hydrogen (secondary N) is 3. The number of pyridine rings is 1. The number of H-pyrrole nitrogens is 1. The van der Waals surface area contributed by atoms with Crippen LogP contribution >= 0.6 is 0 Å². The number of aromatic amines is 1. The first-order valence-corrected chi connectivity index (χ1v) is 10.2. The van der Waals surface area contributed by atoms with E-state index in [1.807, 2.05) is 31.2 Å². The van der Waals surface area contributed by atoms with E-state index in [-0.39, 0.29) is 23.4 Å². The van der Waals surface area contributed by atoms with Crippen LogP contribution in [0.1, 0.15) is 21.6 Å². The molecule has 8 heteroatoms. The Hall–Kier alpha value is -4.20. The number of benzene rings is 2. The van der Waals surface area contributed by atoms with E-state index in [0.717, 1.165) is 11.1 Å². The average molecular weight is 430 g/mol. The zero-order valence-electron chi connectivity index (χ0n) is 17.5. The van der Waals surface area contributed by atoms with Gasteiger partial charge >= 0.3 is 0 Å². The zero-order chi connectivity index (χ0) is 22.5. The highest BCUT2D eigenvalue weighted by Crippen LogP contribution is 2.19. The summed E-state index contributed by atoms with van der Waals surface area (Å²) in [7, 11) is 0. The van der Waals surface area contributed by atoms with E-state index < -0.39 is 5.91 Å². The number of oxazole rings is 1. The van der Waals surface area contributed by atoms with Gasteiger partial charge in [0, 0.05) is 35.6 Å². The molecule has 32 heavy (non-hydrogen) atoms. The number of aromatic nitrogens is 2. The molecule has 0 atom stereocenters. The van der Waals surface area contributed by atoms with Gasteiger partial charge in [-0.3, -0.25) is 14.4 Å². The van der Waals surface area contributed by atoms with Crippen molar-refractivity contribution in [1.82, 2.24) is 20.6 Å². The number of carbonyl (C=O) groups is 2. The van der Waals surface area contributed by atoms with Gasteiger partial charge < -0.3 is 20.0 Å². The Bertz CT molecular complexity index is 1320. The fourth-order valence-electron chi connectivity index (χ4n) is 3.23. The van der Waals surface area contributed by atoms with E-state index >= 15 is 0 Å². The van der Waals surface area contributed by atoms with Gasteiger partial charge in [-0.15, -0.1) is 0 Å². The van der Waals surface area contributed by atoms with Crippen molar-refractivity contribution in [2.24, 2.45) is 0 Å². The van der Waals surface area contributed by atoms with Crippen LogP contribution in [0.5, 0.6) is 0 Å². The molecule has 2 heterocycles. The molecule has 2 aromatic heterocycles. The third-order valence-corrected chi connectivity index (χ3v) is 5.00. The maximum Gasteiger partial charge on any atom is 0.257 e. The van der Waals surface area contributed by atoms with Crippen LogP contribution in [-0.4, -0.2) is 34.9 Å². The Kier molecular flexibility index (Phi) is 6.12. The molecular weight excluding hydrogens is 408 g/mol. The van der Waals surface area contributed by atoms with Crippen LogP contribution in [0.25, 0.3) is 22.4 Å². The summed E-state index contributed by atoms with van der Waals surface area (Å²) in [6.45, 7) is 2.11. The Labute approximate surface area is 183 Å². The zero-order valence-corrected chi connectivity index (χ0v) is 17.5. The minimum absolute atomic E-state index is 0.0391. The van der Waals surface area contributed by atoms with Crippen molar-refractivity contribution < 1.29 is 14.0 Å². The van der Waals surface area contributed by atoms with Crippen molar-refractivity contribution in [2.75, 3.05) is 13.1 Å². The first kappa shape index (κ1) is 21.0. The number of nitrogens with zero attached hydrogens (tertiary/aromatic N) is 1. The quantitative estimate of drug-likeness (QED) is 0.417. The number of hydrogen-bond acceptors (Lipinski definition) is 5. The number of para-hydroxylation sites is 1. The largest absolute Gasteiger partial charge is 0.444 e. The highest BCUT2D eigenvalue weighted by atomic mass is 16.3. The molecule has 2 aromatic carbocycles. The van der Waals surface area contributed by atoms with Crippen LogP contribution in [-0.2, 0) is 11.2 Å². The van der Waals surface area contributed by atoms with Gasteiger partial charge in [-0.1, -0.05) is 29.8 Å². The van der Waals surface area contributed by atoms with Crippen molar-refractivity contribution >= 4 is 22.7 Å². The second kappa shape index (κ2) is 9.30. The van der Waals surface area contributed by atoms with E-state index in [0.29, 0.717) is 35.5 Å². The summed E-state index contributed by atoms with van der Waals surface area (Å²) >= 11 is 0. The molecule has 0 unspecified atom stereocenters. The first-order valence-electron chi connectivity index (χ1n) is 10.2. The lowest BCUT2D eigenvalue weighted by molar-refractivity contribution is -0.120. The number of rotatable bonds is 7. The van der Waals surface area contributed by atoms with Gasteiger partial charge in [-0.25, -0.2) is 4.98 Å². The SMILES string of the molecule is Cc1ccc(-c2nc(CCNC(=O)CNC(=O)c3c[nH]c4ccccc4c3=O)co2)cc1.